The van der Waals surface area contributed by atoms with Crippen molar-refractivity contribution in [2.75, 3.05) is 11.1 Å². The molecule has 3 aromatic rings. The van der Waals surface area contributed by atoms with Crippen LogP contribution in [-0.2, 0) is 0 Å². The van der Waals surface area contributed by atoms with Crippen molar-refractivity contribution in [2.45, 2.75) is 0 Å². The smallest absolute Gasteiger partial charge is 0.248 e. The number of carbonyl (C=O) groups is 1. The molecule has 0 saturated heterocycles. The summed E-state index contributed by atoms with van der Waals surface area (Å²) in [5.74, 6) is 0.545. The summed E-state index contributed by atoms with van der Waals surface area (Å²) in [5, 5.41) is 12.4. The number of nitrogens with zero attached hydrogens (tertiary/aromatic N) is 2. The quantitative estimate of drug-likeness (QED) is 0.652. The number of amides is 1. The average molecular weight is 345 g/mol. The Morgan fingerprint density at radius 2 is 1.81 bits per heavy atom. The van der Waals surface area contributed by atoms with Crippen LogP contribution in [0.4, 0.5) is 17.2 Å². The third-order valence-corrected chi connectivity index (χ3v) is 3.53. The monoisotopic (exact) mass is 345 g/mol. The highest BCUT2D eigenvalue weighted by Crippen LogP contribution is 2.30. The number of carbonyl (C=O) groups excluding carboxylic acids is 1. The van der Waals surface area contributed by atoms with Crippen LogP contribution in [0.5, 0.6) is 11.6 Å². The average Bonchev–Trinajstić information content (AvgIpc) is 2.63. The van der Waals surface area contributed by atoms with Gasteiger partial charge in [-0.05, 0) is 36.4 Å². The van der Waals surface area contributed by atoms with Gasteiger partial charge in [0.25, 0.3) is 0 Å². The van der Waals surface area contributed by atoms with Crippen molar-refractivity contribution in [1.82, 2.24) is 4.98 Å². The van der Waals surface area contributed by atoms with Gasteiger partial charge in [-0.1, -0.05) is 18.2 Å². The van der Waals surface area contributed by atoms with Crippen molar-refractivity contribution in [3.63, 3.8) is 0 Å². The molecular weight excluding hydrogens is 330 g/mol. The number of nitrogens with two attached hydrogens (primary N) is 2. The second-order valence-electron chi connectivity index (χ2n) is 5.37. The van der Waals surface area contributed by atoms with E-state index in [1.165, 1.54) is 0 Å². The topological polar surface area (TPSA) is 127 Å². The van der Waals surface area contributed by atoms with E-state index in [1.807, 2.05) is 24.3 Å². The summed E-state index contributed by atoms with van der Waals surface area (Å²) in [7, 11) is 0. The molecule has 5 N–H and O–H groups in total. The number of benzene rings is 2. The van der Waals surface area contributed by atoms with Gasteiger partial charge >= 0.3 is 0 Å². The summed E-state index contributed by atoms with van der Waals surface area (Å²) in [5.41, 5.74) is 12.7. The van der Waals surface area contributed by atoms with E-state index in [4.69, 9.17) is 16.2 Å². The lowest BCUT2D eigenvalue weighted by Gasteiger charge is -2.12. The molecule has 0 radical (unpaired) electrons. The lowest BCUT2D eigenvalue weighted by Crippen LogP contribution is -2.10. The molecule has 0 aliphatic heterocycles. The Morgan fingerprint density at radius 1 is 1.12 bits per heavy atom. The van der Waals surface area contributed by atoms with Gasteiger partial charge in [-0.3, -0.25) is 4.79 Å². The molecule has 0 bridgehead atoms. The van der Waals surface area contributed by atoms with Crippen LogP contribution in [-0.4, -0.2) is 10.9 Å². The number of primary amides is 1. The summed E-state index contributed by atoms with van der Waals surface area (Å²) < 4.78 is 5.70. The molecule has 0 spiro atoms. The Balaban J connectivity index is 1.90. The fourth-order valence-electron chi connectivity index (χ4n) is 2.26. The zero-order chi connectivity index (χ0) is 18.5. The molecule has 26 heavy (non-hydrogen) atoms. The summed E-state index contributed by atoms with van der Waals surface area (Å²) in [6, 6.07) is 19.1. The van der Waals surface area contributed by atoms with Crippen LogP contribution in [0.15, 0.2) is 60.7 Å². The molecule has 0 aliphatic carbocycles. The van der Waals surface area contributed by atoms with Crippen LogP contribution in [0, 0.1) is 11.3 Å². The molecule has 0 atom stereocenters. The fourth-order valence-corrected chi connectivity index (χ4v) is 2.26. The van der Waals surface area contributed by atoms with Gasteiger partial charge in [-0.15, -0.1) is 0 Å². The highest BCUT2D eigenvalue weighted by Gasteiger charge is 2.13. The molecule has 0 unspecified atom stereocenters. The van der Waals surface area contributed by atoms with Gasteiger partial charge in [-0.2, -0.15) is 10.2 Å². The zero-order valence-corrected chi connectivity index (χ0v) is 13.6. The summed E-state index contributed by atoms with van der Waals surface area (Å²) in [6.45, 7) is 0. The maximum atomic E-state index is 11.1. The van der Waals surface area contributed by atoms with E-state index in [0.29, 0.717) is 22.8 Å². The minimum absolute atomic E-state index is 0.106. The van der Waals surface area contributed by atoms with E-state index in [2.05, 4.69) is 10.3 Å². The largest absolute Gasteiger partial charge is 0.438 e. The Hall–Kier alpha value is -4.05. The fraction of sp³-hybridized carbons (Fsp3) is 0. The first-order valence-corrected chi connectivity index (χ1v) is 7.67. The second kappa shape index (κ2) is 7.23. The van der Waals surface area contributed by atoms with Crippen LogP contribution in [0.1, 0.15) is 15.9 Å². The number of hydrogen-bond donors (Lipinski definition) is 3. The Kier molecular flexibility index (Phi) is 4.67. The number of ether oxygens (including phenoxy) is 1. The van der Waals surface area contributed by atoms with Gasteiger partial charge < -0.3 is 21.5 Å². The first kappa shape index (κ1) is 16.8. The predicted octanol–water partition coefficient (Wildman–Crippen LogP) is 3.17. The normalized spacial score (nSPS) is 9.96. The number of hydrogen-bond acceptors (Lipinski definition) is 6. The van der Waals surface area contributed by atoms with Gasteiger partial charge in [0.05, 0.1) is 5.69 Å². The molecule has 0 fully saturated rings. The zero-order valence-electron chi connectivity index (χ0n) is 13.6. The molecule has 2 aromatic carbocycles. The van der Waals surface area contributed by atoms with Crippen molar-refractivity contribution in [2.24, 2.45) is 5.73 Å². The number of nitrogens with one attached hydrogen (secondary N) is 1. The number of rotatable bonds is 5. The standard InChI is InChI=1S/C19H15N5O2/c20-11-15-16(21)10-17(23-13-8-6-12(7-9-13)18(22)25)24-19(15)26-14-4-2-1-3-5-14/h1-10H,(H2,22,25)(H3,21,23,24). The number of anilines is 3. The molecule has 0 saturated carbocycles. The molecule has 3 rings (SSSR count). The maximum absolute atomic E-state index is 11.1. The van der Waals surface area contributed by atoms with Crippen molar-refractivity contribution in [1.29, 1.82) is 5.26 Å². The third kappa shape index (κ3) is 3.71. The van der Waals surface area contributed by atoms with E-state index in [-0.39, 0.29) is 17.1 Å². The maximum Gasteiger partial charge on any atom is 0.248 e. The highest BCUT2D eigenvalue weighted by molar-refractivity contribution is 5.93. The summed E-state index contributed by atoms with van der Waals surface area (Å²) >= 11 is 0. The number of nitrogen functional groups attached to an aromatic ring is 1. The molecule has 0 aliphatic rings. The van der Waals surface area contributed by atoms with Gasteiger partial charge in [-0.25, -0.2) is 0 Å². The second-order valence-corrected chi connectivity index (χ2v) is 5.37. The summed E-state index contributed by atoms with van der Waals surface area (Å²) in [6.07, 6.45) is 0. The predicted molar refractivity (Wildman–Crippen MR) is 98.1 cm³/mol. The van der Waals surface area contributed by atoms with Crippen molar-refractivity contribution in [3.8, 4) is 17.7 Å². The van der Waals surface area contributed by atoms with Gasteiger partial charge in [0.1, 0.15) is 23.2 Å². The number of para-hydroxylation sites is 1. The molecule has 1 amide bonds. The van der Waals surface area contributed by atoms with E-state index in [1.54, 1.807) is 42.5 Å². The van der Waals surface area contributed by atoms with E-state index in [9.17, 15) is 10.1 Å². The van der Waals surface area contributed by atoms with E-state index < -0.39 is 5.91 Å². The first-order chi connectivity index (χ1) is 12.6. The lowest BCUT2D eigenvalue weighted by molar-refractivity contribution is 0.100. The van der Waals surface area contributed by atoms with Crippen LogP contribution < -0.4 is 21.5 Å². The number of nitriles is 1. The minimum atomic E-state index is -0.504. The SMILES string of the molecule is N#Cc1c(N)cc(Nc2ccc(C(N)=O)cc2)nc1Oc1ccccc1. The number of aromatic nitrogens is 1. The Morgan fingerprint density at radius 3 is 2.42 bits per heavy atom. The van der Waals surface area contributed by atoms with Gasteiger partial charge in [0.15, 0.2) is 0 Å². The Bertz CT molecular complexity index is 979. The van der Waals surface area contributed by atoms with Gasteiger partial charge in [0, 0.05) is 17.3 Å². The molecular formula is C19H15N5O2. The van der Waals surface area contributed by atoms with Crippen molar-refractivity contribution >= 4 is 23.1 Å². The van der Waals surface area contributed by atoms with Crippen LogP contribution in [0.3, 0.4) is 0 Å². The van der Waals surface area contributed by atoms with Crippen LogP contribution >= 0.6 is 0 Å². The van der Waals surface area contributed by atoms with Crippen LogP contribution in [0.2, 0.25) is 0 Å². The van der Waals surface area contributed by atoms with Crippen LogP contribution in [0.25, 0.3) is 0 Å². The summed E-state index contributed by atoms with van der Waals surface area (Å²) in [4.78, 5) is 15.5. The molecule has 7 heteroatoms. The van der Waals surface area contributed by atoms with E-state index >= 15 is 0 Å². The van der Waals surface area contributed by atoms with Gasteiger partial charge in [0.2, 0.25) is 11.8 Å². The minimum Gasteiger partial charge on any atom is -0.438 e. The lowest BCUT2D eigenvalue weighted by atomic mass is 10.2. The molecule has 128 valence electrons. The Labute approximate surface area is 149 Å². The van der Waals surface area contributed by atoms with Crippen molar-refractivity contribution in [3.05, 3.63) is 71.8 Å². The van der Waals surface area contributed by atoms with Crippen molar-refractivity contribution < 1.29 is 9.53 Å². The molecule has 7 nitrogen and oxygen atoms in total. The third-order valence-electron chi connectivity index (χ3n) is 3.53. The molecule has 1 heterocycles. The van der Waals surface area contributed by atoms with E-state index in [0.717, 1.165) is 0 Å². The molecule has 1 aromatic heterocycles. The first-order valence-electron chi connectivity index (χ1n) is 7.67. The highest BCUT2D eigenvalue weighted by atomic mass is 16.5. The number of pyridine rings is 1.